The monoisotopic (exact) mass is 476 g/mol. The summed E-state index contributed by atoms with van der Waals surface area (Å²) >= 11 is 0. The lowest BCUT2D eigenvalue weighted by Crippen LogP contribution is -2.53. The Morgan fingerprint density at radius 3 is 2.20 bits per heavy atom. The average Bonchev–Trinajstić information content (AvgIpc) is 2.86. The van der Waals surface area contributed by atoms with E-state index in [1.165, 1.54) is 11.0 Å². The molecule has 0 unspecified atom stereocenters. The molecule has 0 spiro atoms. The number of nitrogens with zero attached hydrogens (tertiary/aromatic N) is 1. The lowest BCUT2D eigenvalue weighted by Gasteiger charge is -2.32. The van der Waals surface area contributed by atoms with Crippen LogP contribution in [0.3, 0.4) is 0 Å². The molecule has 35 heavy (non-hydrogen) atoms. The molecule has 0 aliphatic heterocycles. The van der Waals surface area contributed by atoms with Gasteiger partial charge in [0.25, 0.3) is 5.91 Å². The van der Waals surface area contributed by atoms with Gasteiger partial charge in [0.15, 0.2) is 6.61 Å². The van der Waals surface area contributed by atoms with Crippen molar-refractivity contribution in [1.82, 2.24) is 10.2 Å². The lowest BCUT2D eigenvalue weighted by atomic mass is 10.0. The minimum atomic E-state index is -0.835. The summed E-state index contributed by atoms with van der Waals surface area (Å²) in [4.78, 5) is 28.2. The number of hydrogen-bond acceptors (Lipinski definition) is 3. The van der Waals surface area contributed by atoms with Gasteiger partial charge in [-0.3, -0.25) is 9.59 Å². The summed E-state index contributed by atoms with van der Waals surface area (Å²) in [5.74, 6) is -0.551. The van der Waals surface area contributed by atoms with E-state index in [1.807, 2.05) is 68.4 Å². The Morgan fingerprint density at radius 1 is 0.914 bits per heavy atom. The highest BCUT2D eigenvalue weighted by Gasteiger charge is 2.31. The Hall–Kier alpha value is -3.67. The number of rotatable bonds is 11. The molecule has 3 aromatic carbocycles. The third-order valence-corrected chi connectivity index (χ3v) is 5.69. The molecule has 0 bridgehead atoms. The van der Waals surface area contributed by atoms with Crippen molar-refractivity contribution in [1.29, 1.82) is 0 Å². The van der Waals surface area contributed by atoms with Gasteiger partial charge in [0.1, 0.15) is 17.6 Å². The zero-order valence-corrected chi connectivity index (χ0v) is 20.5. The van der Waals surface area contributed by atoms with Crippen molar-refractivity contribution in [3.05, 3.63) is 101 Å². The van der Waals surface area contributed by atoms with Crippen LogP contribution in [0, 0.1) is 5.82 Å². The van der Waals surface area contributed by atoms with Crippen LogP contribution in [0.5, 0.6) is 5.75 Å². The molecular formula is C29H33FN2O3. The van der Waals surface area contributed by atoms with Gasteiger partial charge in [-0.1, -0.05) is 67.6 Å². The van der Waals surface area contributed by atoms with Crippen LogP contribution in [-0.4, -0.2) is 35.4 Å². The summed E-state index contributed by atoms with van der Waals surface area (Å²) in [6.45, 7) is 5.48. The van der Waals surface area contributed by atoms with E-state index < -0.39 is 17.8 Å². The number of carbonyl (C=O) groups excluding carboxylic acids is 2. The quantitative estimate of drug-likeness (QED) is 0.427. The molecule has 3 rings (SSSR count). The molecule has 0 heterocycles. The van der Waals surface area contributed by atoms with Crippen molar-refractivity contribution in [3.63, 3.8) is 0 Å². The first-order valence-corrected chi connectivity index (χ1v) is 12.0. The predicted octanol–water partition coefficient (Wildman–Crippen LogP) is 4.93. The summed E-state index contributed by atoms with van der Waals surface area (Å²) in [5, 5.41) is 2.92. The number of carbonyl (C=O) groups is 2. The van der Waals surface area contributed by atoms with Crippen molar-refractivity contribution in [2.45, 2.75) is 52.2 Å². The molecule has 1 N–H and O–H groups in total. The van der Waals surface area contributed by atoms with Gasteiger partial charge < -0.3 is 15.0 Å². The molecule has 184 valence electrons. The van der Waals surface area contributed by atoms with E-state index >= 15 is 0 Å². The number of nitrogens with one attached hydrogen (secondary N) is 1. The maximum absolute atomic E-state index is 14.6. The Morgan fingerprint density at radius 2 is 1.57 bits per heavy atom. The normalized spacial score (nSPS) is 11.7. The van der Waals surface area contributed by atoms with Gasteiger partial charge >= 0.3 is 0 Å². The lowest BCUT2D eigenvalue weighted by molar-refractivity contribution is -0.143. The SMILES string of the molecule is CCc1ccc(OCC(=O)N(Cc2ccccc2F)[C@@H](Cc2ccccc2)C(=O)NC(C)C)cc1. The largest absolute Gasteiger partial charge is 0.484 e. The number of ether oxygens (including phenoxy) is 1. The summed E-state index contributed by atoms with van der Waals surface area (Å²) < 4.78 is 20.3. The minimum absolute atomic E-state index is 0.0490. The molecule has 6 heteroatoms. The predicted molar refractivity (Wildman–Crippen MR) is 135 cm³/mol. The number of benzene rings is 3. The highest BCUT2D eigenvalue weighted by molar-refractivity contribution is 5.88. The molecule has 0 radical (unpaired) electrons. The molecule has 0 aromatic heterocycles. The molecule has 0 saturated heterocycles. The van der Waals surface area contributed by atoms with E-state index in [-0.39, 0.29) is 25.1 Å². The maximum Gasteiger partial charge on any atom is 0.261 e. The number of hydrogen-bond donors (Lipinski definition) is 1. The first-order chi connectivity index (χ1) is 16.9. The molecule has 1 atom stereocenters. The third-order valence-electron chi connectivity index (χ3n) is 5.69. The molecular weight excluding hydrogens is 443 g/mol. The van der Waals surface area contributed by atoms with Crippen molar-refractivity contribution in [2.24, 2.45) is 0 Å². The summed E-state index contributed by atoms with van der Waals surface area (Å²) in [5.41, 5.74) is 2.40. The second-order valence-electron chi connectivity index (χ2n) is 8.77. The van der Waals surface area contributed by atoms with E-state index in [1.54, 1.807) is 18.2 Å². The first kappa shape index (κ1) is 25.9. The van der Waals surface area contributed by atoms with E-state index in [0.717, 1.165) is 17.5 Å². The van der Waals surface area contributed by atoms with Crippen LogP contribution in [0.15, 0.2) is 78.9 Å². The van der Waals surface area contributed by atoms with E-state index in [2.05, 4.69) is 12.2 Å². The molecule has 0 fully saturated rings. The Labute approximate surface area is 206 Å². The first-order valence-electron chi connectivity index (χ1n) is 12.0. The van der Waals surface area contributed by atoms with Crippen LogP contribution in [-0.2, 0) is 29.0 Å². The standard InChI is InChI=1S/C29H33FN2O3/c1-4-22-14-16-25(17-15-22)35-20-28(33)32(19-24-12-8-9-13-26(24)30)27(29(34)31-21(2)3)18-23-10-6-5-7-11-23/h5-17,21,27H,4,18-20H2,1-3H3,(H,31,34)/t27-/m0/s1. The number of amides is 2. The molecule has 3 aromatic rings. The number of halogens is 1. The van der Waals surface area contributed by atoms with Gasteiger partial charge in [-0.15, -0.1) is 0 Å². The van der Waals surface area contributed by atoms with Crippen LogP contribution >= 0.6 is 0 Å². The van der Waals surface area contributed by atoms with E-state index in [9.17, 15) is 14.0 Å². The Bertz CT molecular complexity index is 1100. The van der Waals surface area contributed by atoms with Crippen molar-refractivity contribution >= 4 is 11.8 Å². The molecule has 2 amide bonds. The third kappa shape index (κ3) is 7.67. The topological polar surface area (TPSA) is 58.6 Å². The van der Waals surface area contributed by atoms with Gasteiger partial charge in [-0.05, 0) is 49.6 Å². The highest BCUT2D eigenvalue weighted by Crippen LogP contribution is 2.18. The van der Waals surface area contributed by atoms with Crippen LogP contribution < -0.4 is 10.1 Å². The Balaban J connectivity index is 1.89. The van der Waals surface area contributed by atoms with Crippen molar-refractivity contribution in [3.8, 4) is 5.75 Å². The average molecular weight is 477 g/mol. The van der Waals surface area contributed by atoms with Gasteiger partial charge in [-0.2, -0.15) is 0 Å². The Kier molecular flexibility index (Phi) is 9.41. The summed E-state index contributed by atoms with van der Waals surface area (Å²) in [6, 6.07) is 22.4. The second kappa shape index (κ2) is 12.7. The van der Waals surface area contributed by atoms with Crippen molar-refractivity contribution in [2.75, 3.05) is 6.61 Å². The smallest absolute Gasteiger partial charge is 0.261 e. The molecule has 5 nitrogen and oxygen atoms in total. The summed E-state index contributed by atoms with van der Waals surface area (Å²) in [6.07, 6.45) is 1.20. The van der Waals surface area contributed by atoms with E-state index in [0.29, 0.717) is 17.7 Å². The van der Waals surface area contributed by atoms with Gasteiger partial charge in [0.05, 0.1) is 0 Å². The molecule has 0 saturated carbocycles. The minimum Gasteiger partial charge on any atom is -0.484 e. The van der Waals surface area contributed by atoms with Crippen molar-refractivity contribution < 1.29 is 18.7 Å². The van der Waals surface area contributed by atoms with Crippen LogP contribution in [0.25, 0.3) is 0 Å². The van der Waals surface area contributed by atoms with Crippen LogP contribution in [0.1, 0.15) is 37.5 Å². The van der Waals surface area contributed by atoms with Crippen LogP contribution in [0.2, 0.25) is 0 Å². The second-order valence-corrected chi connectivity index (χ2v) is 8.77. The van der Waals surface area contributed by atoms with E-state index in [4.69, 9.17) is 4.74 Å². The fourth-order valence-corrected chi connectivity index (χ4v) is 3.79. The van der Waals surface area contributed by atoms with Gasteiger partial charge in [-0.25, -0.2) is 4.39 Å². The molecule has 0 aliphatic rings. The zero-order valence-electron chi connectivity index (χ0n) is 20.5. The highest BCUT2D eigenvalue weighted by atomic mass is 19.1. The zero-order chi connectivity index (χ0) is 25.2. The molecule has 0 aliphatic carbocycles. The summed E-state index contributed by atoms with van der Waals surface area (Å²) in [7, 11) is 0. The van der Waals surface area contributed by atoms with Gasteiger partial charge in [0, 0.05) is 24.6 Å². The number of aryl methyl sites for hydroxylation is 1. The fraction of sp³-hybridized carbons (Fsp3) is 0.310. The maximum atomic E-state index is 14.6. The van der Waals surface area contributed by atoms with Gasteiger partial charge in [0.2, 0.25) is 5.91 Å². The van der Waals surface area contributed by atoms with Crippen LogP contribution in [0.4, 0.5) is 4.39 Å². The fourth-order valence-electron chi connectivity index (χ4n) is 3.79.